The molecule has 2 aromatic carbocycles. The van der Waals surface area contributed by atoms with Crippen molar-refractivity contribution >= 4 is 26.8 Å². The Morgan fingerprint density at radius 3 is 2.46 bits per heavy atom. The second kappa shape index (κ2) is 9.89. The number of amides is 1. The highest BCUT2D eigenvalue weighted by atomic mass is 32.2. The van der Waals surface area contributed by atoms with Crippen molar-refractivity contribution in [1.29, 1.82) is 0 Å². The molecule has 8 heteroatoms. The summed E-state index contributed by atoms with van der Waals surface area (Å²) < 4.78 is 37.2. The monoisotopic (exact) mass is 521 g/mol. The zero-order chi connectivity index (χ0) is 25.6. The van der Waals surface area contributed by atoms with Gasteiger partial charge in [0.15, 0.2) is 0 Å². The number of rotatable bonds is 6. The Kier molecular flexibility index (Phi) is 6.59. The normalized spacial score (nSPS) is 24.9. The minimum absolute atomic E-state index is 0.0174. The van der Waals surface area contributed by atoms with E-state index in [1.54, 1.807) is 12.1 Å². The number of nitrogens with zero attached hydrogens (tertiary/aromatic N) is 2. The van der Waals surface area contributed by atoms with E-state index in [-0.39, 0.29) is 28.8 Å². The molecule has 0 spiro atoms. The van der Waals surface area contributed by atoms with E-state index in [4.69, 9.17) is 4.74 Å². The highest BCUT2D eigenvalue weighted by Crippen LogP contribution is 2.38. The lowest BCUT2D eigenvalue weighted by atomic mass is 9.85. The van der Waals surface area contributed by atoms with Gasteiger partial charge in [0.2, 0.25) is 15.9 Å². The third-order valence-electron chi connectivity index (χ3n) is 8.41. The maximum atomic E-state index is 13.3. The lowest BCUT2D eigenvalue weighted by Gasteiger charge is -2.39. The zero-order valence-electron chi connectivity index (χ0n) is 21.3. The van der Waals surface area contributed by atoms with Crippen LogP contribution in [-0.4, -0.2) is 55.6 Å². The molecule has 196 valence electrons. The number of aromatic nitrogens is 1. The molecule has 0 radical (unpaired) electrons. The van der Waals surface area contributed by atoms with Crippen LogP contribution in [0.2, 0.25) is 0 Å². The van der Waals surface area contributed by atoms with Gasteiger partial charge < -0.3 is 14.2 Å². The molecule has 3 aliphatic rings. The van der Waals surface area contributed by atoms with Crippen molar-refractivity contribution in [2.45, 2.75) is 55.5 Å². The van der Waals surface area contributed by atoms with E-state index in [9.17, 15) is 13.2 Å². The first-order chi connectivity index (χ1) is 17.9. The molecular weight excluding hydrogens is 486 g/mol. The number of fused-ring (bicyclic) bond motifs is 1. The van der Waals surface area contributed by atoms with Gasteiger partial charge in [-0.25, -0.2) is 13.1 Å². The number of benzene rings is 2. The summed E-state index contributed by atoms with van der Waals surface area (Å²) >= 11 is 0. The Bertz CT molecular complexity index is 1390. The summed E-state index contributed by atoms with van der Waals surface area (Å²) in [6.07, 6.45) is 5.18. The maximum Gasteiger partial charge on any atom is 0.240 e. The van der Waals surface area contributed by atoms with Gasteiger partial charge in [-0.3, -0.25) is 4.79 Å². The highest BCUT2D eigenvalue weighted by molar-refractivity contribution is 7.89. The quantitative estimate of drug-likeness (QED) is 0.524. The van der Waals surface area contributed by atoms with Crippen LogP contribution in [-0.2, 0) is 26.6 Å². The first-order valence-electron chi connectivity index (χ1n) is 13.5. The Balaban J connectivity index is 1.12. The van der Waals surface area contributed by atoms with Crippen molar-refractivity contribution in [3.8, 4) is 11.3 Å². The summed E-state index contributed by atoms with van der Waals surface area (Å²) in [5.41, 5.74) is 3.02. The number of carbonyl (C=O) groups is 1. The molecule has 1 amide bonds. The van der Waals surface area contributed by atoms with Crippen LogP contribution in [0.4, 0.5) is 0 Å². The fourth-order valence-corrected chi connectivity index (χ4v) is 7.44. The topological polar surface area (TPSA) is 80.6 Å². The van der Waals surface area contributed by atoms with Gasteiger partial charge in [-0.1, -0.05) is 36.4 Å². The summed E-state index contributed by atoms with van der Waals surface area (Å²) in [6, 6.07) is 17.6. The molecule has 2 saturated carbocycles. The molecule has 2 heterocycles. The summed E-state index contributed by atoms with van der Waals surface area (Å²) in [7, 11) is -1.70. The first kappa shape index (κ1) is 24.6. The number of hydrogen-bond acceptors (Lipinski definition) is 4. The number of carbonyl (C=O) groups excluding carboxylic acids is 1. The summed E-state index contributed by atoms with van der Waals surface area (Å²) in [5.74, 6) is 0.818. The standard InChI is InChI=1S/C29H35N3O4S/c1-31-26(20-5-3-2-4-6-20)17-23-11-14-25(18-27(23)31)37(34,35)30-24-12-9-22(10-13-24)29(33)32-15-16-36-19-28(32)21-7-8-21/h2-6,11,14,17-18,21-22,24,28,30H,7-10,12-13,15-16,19H2,1H3/t22-,24-,28-/m1/s1. The number of sulfonamides is 1. The van der Waals surface area contributed by atoms with Gasteiger partial charge in [0.25, 0.3) is 0 Å². The summed E-state index contributed by atoms with van der Waals surface area (Å²) in [6.45, 7) is 1.95. The molecule has 1 aromatic heterocycles. The smallest absolute Gasteiger partial charge is 0.240 e. The number of morpholine rings is 1. The Hall–Kier alpha value is -2.68. The predicted molar refractivity (Wildman–Crippen MR) is 143 cm³/mol. The molecule has 1 aliphatic heterocycles. The Morgan fingerprint density at radius 1 is 0.973 bits per heavy atom. The van der Waals surface area contributed by atoms with Crippen molar-refractivity contribution in [3.05, 3.63) is 54.6 Å². The molecule has 3 fully saturated rings. The fourth-order valence-electron chi connectivity index (χ4n) is 6.11. The van der Waals surface area contributed by atoms with Crippen LogP contribution >= 0.6 is 0 Å². The van der Waals surface area contributed by atoms with Gasteiger partial charge in [-0.15, -0.1) is 0 Å². The molecule has 7 nitrogen and oxygen atoms in total. The van der Waals surface area contributed by atoms with E-state index in [2.05, 4.69) is 27.8 Å². The van der Waals surface area contributed by atoms with E-state index >= 15 is 0 Å². The number of ether oxygens (including phenoxy) is 1. The SMILES string of the molecule is Cn1c(-c2ccccc2)cc2ccc(S(=O)(=O)N[C@H]3CC[C@H](C(=O)N4CCOC[C@@H]4C4CC4)CC3)cc21. The van der Waals surface area contributed by atoms with E-state index < -0.39 is 10.0 Å². The average Bonchev–Trinajstić information content (AvgIpc) is 3.72. The highest BCUT2D eigenvalue weighted by Gasteiger charge is 2.41. The molecule has 1 atom stereocenters. The van der Waals surface area contributed by atoms with Gasteiger partial charge in [-0.05, 0) is 68.2 Å². The lowest BCUT2D eigenvalue weighted by Crippen LogP contribution is -2.52. The van der Waals surface area contributed by atoms with Crippen LogP contribution in [0.5, 0.6) is 0 Å². The minimum atomic E-state index is -3.67. The Morgan fingerprint density at radius 2 is 1.73 bits per heavy atom. The van der Waals surface area contributed by atoms with Crippen LogP contribution in [0.25, 0.3) is 22.2 Å². The molecule has 1 N–H and O–H groups in total. The summed E-state index contributed by atoms with van der Waals surface area (Å²) in [4.78, 5) is 15.6. The molecule has 0 bridgehead atoms. The number of hydrogen-bond donors (Lipinski definition) is 1. The van der Waals surface area contributed by atoms with Crippen LogP contribution in [0.3, 0.4) is 0 Å². The van der Waals surface area contributed by atoms with Crippen LogP contribution < -0.4 is 4.72 Å². The molecule has 3 aromatic rings. The second-order valence-corrected chi connectivity index (χ2v) is 12.6. The molecule has 37 heavy (non-hydrogen) atoms. The fraction of sp³-hybridized carbons (Fsp3) is 0.483. The third kappa shape index (κ3) is 4.94. The van der Waals surface area contributed by atoms with E-state index in [0.29, 0.717) is 38.5 Å². The largest absolute Gasteiger partial charge is 0.377 e. The number of aryl methyl sites for hydroxylation is 1. The van der Waals surface area contributed by atoms with E-state index in [1.165, 1.54) is 12.8 Å². The maximum absolute atomic E-state index is 13.3. The van der Waals surface area contributed by atoms with Gasteiger partial charge in [0.05, 0.1) is 24.2 Å². The van der Waals surface area contributed by atoms with Crippen molar-refractivity contribution in [2.24, 2.45) is 18.9 Å². The lowest BCUT2D eigenvalue weighted by molar-refractivity contribution is -0.146. The van der Waals surface area contributed by atoms with Gasteiger partial charge in [0, 0.05) is 42.1 Å². The van der Waals surface area contributed by atoms with E-state index in [0.717, 1.165) is 35.0 Å². The molecule has 6 rings (SSSR count). The minimum Gasteiger partial charge on any atom is -0.377 e. The molecule has 0 unspecified atom stereocenters. The van der Waals surface area contributed by atoms with Gasteiger partial charge in [-0.2, -0.15) is 0 Å². The van der Waals surface area contributed by atoms with Crippen molar-refractivity contribution in [3.63, 3.8) is 0 Å². The van der Waals surface area contributed by atoms with Crippen LogP contribution in [0.1, 0.15) is 38.5 Å². The predicted octanol–water partition coefficient (Wildman–Crippen LogP) is 4.32. The van der Waals surface area contributed by atoms with Crippen molar-refractivity contribution in [1.82, 2.24) is 14.2 Å². The first-order valence-corrected chi connectivity index (χ1v) is 14.9. The molecule has 1 saturated heterocycles. The van der Waals surface area contributed by atoms with Gasteiger partial charge >= 0.3 is 0 Å². The van der Waals surface area contributed by atoms with Crippen LogP contribution in [0.15, 0.2) is 59.5 Å². The molecule has 2 aliphatic carbocycles. The third-order valence-corrected chi connectivity index (χ3v) is 9.93. The van der Waals surface area contributed by atoms with Gasteiger partial charge in [0.1, 0.15) is 0 Å². The zero-order valence-corrected chi connectivity index (χ0v) is 22.1. The molecular formula is C29H35N3O4S. The second-order valence-electron chi connectivity index (χ2n) is 10.9. The number of nitrogens with one attached hydrogen (secondary N) is 1. The van der Waals surface area contributed by atoms with Crippen molar-refractivity contribution < 1.29 is 17.9 Å². The van der Waals surface area contributed by atoms with Crippen LogP contribution in [0, 0.1) is 11.8 Å². The van der Waals surface area contributed by atoms with E-state index in [1.807, 2.05) is 35.9 Å². The average molecular weight is 522 g/mol. The summed E-state index contributed by atoms with van der Waals surface area (Å²) in [5, 5.41) is 1.01. The Labute approximate surface area is 218 Å². The van der Waals surface area contributed by atoms with Crippen molar-refractivity contribution in [2.75, 3.05) is 19.8 Å².